The Morgan fingerprint density at radius 2 is 1.91 bits per heavy atom. The second-order valence-corrected chi connectivity index (χ2v) is 5.13. The van der Waals surface area contributed by atoms with Crippen molar-refractivity contribution in [2.75, 3.05) is 6.79 Å². The van der Waals surface area contributed by atoms with Crippen molar-refractivity contribution in [1.82, 2.24) is 9.55 Å². The normalized spacial score (nSPS) is 12.6. The molecule has 0 radical (unpaired) electrons. The van der Waals surface area contributed by atoms with Gasteiger partial charge in [-0.2, -0.15) is 0 Å². The minimum absolute atomic E-state index is 0.0845. The molecule has 2 aromatic carbocycles. The molecule has 23 heavy (non-hydrogen) atoms. The molecule has 0 N–H and O–H groups in total. The van der Waals surface area contributed by atoms with Crippen molar-refractivity contribution >= 4 is 16.6 Å². The highest BCUT2D eigenvalue weighted by molar-refractivity contribution is 5.82. The Kier molecular flexibility index (Phi) is 2.87. The van der Waals surface area contributed by atoms with Gasteiger partial charge in [-0.3, -0.25) is 9.36 Å². The molecular formula is C16H11N3O4. The predicted octanol–water partition coefficient (Wildman–Crippen LogP) is 2.73. The van der Waals surface area contributed by atoms with E-state index in [-0.39, 0.29) is 18.0 Å². The smallest absolute Gasteiger partial charge is 0.261 e. The Morgan fingerprint density at radius 1 is 1.17 bits per heavy atom. The maximum Gasteiger partial charge on any atom is 0.261 e. The van der Waals surface area contributed by atoms with Crippen LogP contribution in [0.15, 0.2) is 46.4 Å². The highest BCUT2D eigenvalue weighted by Gasteiger charge is 2.21. The van der Waals surface area contributed by atoms with Crippen LogP contribution in [-0.2, 0) is 7.05 Å². The van der Waals surface area contributed by atoms with E-state index in [0.717, 1.165) is 0 Å². The van der Waals surface area contributed by atoms with Crippen LogP contribution in [0.1, 0.15) is 0 Å². The average molecular weight is 309 g/mol. The maximum absolute atomic E-state index is 12.5. The molecule has 0 spiro atoms. The van der Waals surface area contributed by atoms with Gasteiger partial charge in [-0.25, -0.2) is 4.98 Å². The molecule has 0 fully saturated rings. The summed E-state index contributed by atoms with van der Waals surface area (Å²) in [6.07, 6.45) is 0. The van der Waals surface area contributed by atoms with Gasteiger partial charge in [0.15, 0.2) is 11.5 Å². The molecule has 2 heterocycles. The Morgan fingerprint density at radius 3 is 2.70 bits per heavy atom. The molecule has 3 aromatic rings. The number of benzene rings is 2. The number of fused-ring (bicyclic) bond motifs is 2. The predicted molar refractivity (Wildman–Crippen MR) is 84.0 cm³/mol. The topological polar surface area (TPSA) is 82.8 Å². The number of aromatic nitrogens is 2. The van der Waals surface area contributed by atoms with E-state index in [4.69, 9.17) is 9.47 Å². The molecule has 0 atom stereocenters. The SMILES string of the molecule is Cn1c(-c2cc3c(cc2N=O)OCO3)nc2ccccc2c1=O. The summed E-state index contributed by atoms with van der Waals surface area (Å²) in [5.41, 5.74) is 0.932. The first-order valence-electron chi connectivity index (χ1n) is 6.92. The lowest BCUT2D eigenvalue weighted by Crippen LogP contribution is -2.20. The molecule has 4 rings (SSSR count). The van der Waals surface area contributed by atoms with Crippen molar-refractivity contribution < 1.29 is 9.47 Å². The monoisotopic (exact) mass is 309 g/mol. The van der Waals surface area contributed by atoms with Crippen LogP contribution in [0.25, 0.3) is 22.3 Å². The van der Waals surface area contributed by atoms with Gasteiger partial charge in [-0.15, -0.1) is 4.91 Å². The molecule has 114 valence electrons. The molecular weight excluding hydrogens is 298 g/mol. The quantitative estimate of drug-likeness (QED) is 0.680. The molecule has 7 heteroatoms. The van der Waals surface area contributed by atoms with Crippen molar-refractivity contribution in [3.8, 4) is 22.9 Å². The van der Waals surface area contributed by atoms with Crippen molar-refractivity contribution in [3.63, 3.8) is 0 Å². The summed E-state index contributed by atoms with van der Waals surface area (Å²) >= 11 is 0. The summed E-state index contributed by atoms with van der Waals surface area (Å²) in [5, 5.41) is 3.55. The lowest BCUT2D eigenvalue weighted by atomic mass is 10.1. The summed E-state index contributed by atoms with van der Waals surface area (Å²) in [7, 11) is 1.61. The van der Waals surface area contributed by atoms with E-state index in [1.807, 2.05) is 0 Å². The highest BCUT2D eigenvalue weighted by atomic mass is 16.7. The molecule has 0 bridgehead atoms. The first-order valence-corrected chi connectivity index (χ1v) is 6.92. The van der Waals surface area contributed by atoms with E-state index in [2.05, 4.69) is 10.2 Å². The average Bonchev–Trinajstić information content (AvgIpc) is 3.04. The van der Waals surface area contributed by atoms with E-state index in [1.54, 1.807) is 37.4 Å². The molecule has 0 saturated heterocycles. The van der Waals surface area contributed by atoms with Crippen molar-refractivity contribution in [3.05, 3.63) is 51.7 Å². The second kappa shape index (κ2) is 4.91. The van der Waals surface area contributed by atoms with Crippen LogP contribution in [-0.4, -0.2) is 16.3 Å². The third-order valence-corrected chi connectivity index (χ3v) is 3.81. The molecule has 1 aliphatic heterocycles. The summed E-state index contributed by atoms with van der Waals surface area (Å²) in [6.45, 7) is 0.0845. The van der Waals surface area contributed by atoms with Crippen LogP contribution >= 0.6 is 0 Å². The number of para-hydroxylation sites is 1. The van der Waals surface area contributed by atoms with Crippen LogP contribution in [0.3, 0.4) is 0 Å². The summed E-state index contributed by atoms with van der Waals surface area (Å²) < 4.78 is 12.0. The largest absolute Gasteiger partial charge is 0.454 e. The van der Waals surface area contributed by atoms with Crippen molar-refractivity contribution in [2.24, 2.45) is 12.2 Å². The van der Waals surface area contributed by atoms with Gasteiger partial charge < -0.3 is 9.47 Å². The molecule has 0 saturated carbocycles. The fourth-order valence-corrected chi connectivity index (χ4v) is 2.64. The molecule has 0 amide bonds. The van der Waals surface area contributed by atoms with Crippen LogP contribution in [0.4, 0.5) is 5.69 Å². The van der Waals surface area contributed by atoms with Gasteiger partial charge in [0.25, 0.3) is 5.56 Å². The third kappa shape index (κ3) is 1.97. The molecule has 0 unspecified atom stereocenters. The van der Waals surface area contributed by atoms with E-state index in [1.165, 1.54) is 10.6 Å². The summed E-state index contributed by atoms with van der Waals surface area (Å²) in [6, 6.07) is 10.2. The van der Waals surface area contributed by atoms with E-state index in [0.29, 0.717) is 33.8 Å². The number of rotatable bonds is 2. The van der Waals surface area contributed by atoms with Gasteiger partial charge in [0.05, 0.1) is 16.5 Å². The molecule has 0 aliphatic carbocycles. The zero-order chi connectivity index (χ0) is 16.0. The summed E-state index contributed by atoms with van der Waals surface area (Å²) in [4.78, 5) is 28.2. The first kappa shape index (κ1) is 13.4. The van der Waals surface area contributed by atoms with Gasteiger partial charge in [0.2, 0.25) is 6.79 Å². The summed E-state index contributed by atoms with van der Waals surface area (Å²) in [5.74, 6) is 1.30. The minimum atomic E-state index is -0.194. The highest BCUT2D eigenvalue weighted by Crippen LogP contribution is 2.41. The van der Waals surface area contributed by atoms with Crippen LogP contribution < -0.4 is 15.0 Å². The van der Waals surface area contributed by atoms with Gasteiger partial charge >= 0.3 is 0 Å². The van der Waals surface area contributed by atoms with Crippen LogP contribution in [0.5, 0.6) is 11.5 Å². The van der Waals surface area contributed by atoms with Crippen molar-refractivity contribution in [2.45, 2.75) is 0 Å². The van der Waals surface area contributed by atoms with Gasteiger partial charge in [0.1, 0.15) is 11.5 Å². The number of ether oxygens (including phenoxy) is 2. The van der Waals surface area contributed by atoms with Gasteiger partial charge in [-0.05, 0) is 23.4 Å². The first-order chi connectivity index (χ1) is 11.2. The number of nitroso groups, excluding NO2 is 1. The zero-order valence-electron chi connectivity index (χ0n) is 12.1. The lowest BCUT2D eigenvalue weighted by molar-refractivity contribution is 0.174. The number of hydrogen-bond acceptors (Lipinski definition) is 6. The van der Waals surface area contributed by atoms with Crippen molar-refractivity contribution in [1.29, 1.82) is 0 Å². The molecule has 1 aliphatic rings. The molecule has 1 aromatic heterocycles. The Bertz CT molecular complexity index is 1010. The van der Waals surface area contributed by atoms with Gasteiger partial charge in [0, 0.05) is 13.1 Å². The standard InChI is InChI=1S/C16H11N3O4/c1-19-15(17-11-5-3-2-4-9(11)16(19)20)10-6-13-14(23-8-22-13)7-12(10)18-21/h2-7H,8H2,1H3. The third-order valence-electron chi connectivity index (χ3n) is 3.81. The Hall–Kier alpha value is -3.22. The zero-order valence-corrected chi connectivity index (χ0v) is 12.1. The minimum Gasteiger partial charge on any atom is -0.454 e. The number of hydrogen-bond donors (Lipinski definition) is 0. The van der Waals surface area contributed by atoms with E-state index >= 15 is 0 Å². The molecule has 7 nitrogen and oxygen atoms in total. The van der Waals surface area contributed by atoms with Gasteiger partial charge in [-0.1, -0.05) is 12.1 Å². The maximum atomic E-state index is 12.5. The van der Waals surface area contributed by atoms with E-state index in [9.17, 15) is 9.70 Å². The Balaban J connectivity index is 2.05. The second-order valence-electron chi connectivity index (χ2n) is 5.13. The van der Waals surface area contributed by atoms with Crippen LogP contribution in [0.2, 0.25) is 0 Å². The fourth-order valence-electron chi connectivity index (χ4n) is 2.64. The Labute approximate surface area is 130 Å². The van der Waals surface area contributed by atoms with E-state index < -0.39 is 0 Å². The number of nitrogens with zero attached hydrogens (tertiary/aromatic N) is 3. The fraction of sp³-hybridized carbons (Fsp3) is 0.125. The lowest BCUT2D eigenvalue weighted by Gasteiger charge is -2.11. The van der Waals surface area contributed by atoms with Crippen LogP contribution in [0, 0.1) is 4.91 Å².